The van der Waals surface area contributed by atoms with Crippen LogP contribution in [0.3, 0.4) is 0 Å². The number of rotatable bonds is 7. The standard InChI is InChI=1S/C16H20N4O2/c1-12-4-3-5-13(8-12)9-18-15(21)14-10-19-16(20-11-14)17-6-7-22-2/h3-5,8,10-11H,6-7,9H2,1-2H3,(H,18,21)(H,17,19,20). The summed E-state index contributed by atoms with van der Waals surface area (Å²) in [6.07, 6.45) is 3.02. The third-order valence-corrected chi connectivity index (χ3v) is 3.04. The van der Waals surface area contributed by atoms with Crippen molar-refractivity contribution in [2.75, 3.05) is 25.6 Å². The van der Waals surface area contributed by atoms with Gasteiger partial charge in [-0.05, 0) is 12.5 Å². The molecule has 0 radical (unpaired) electrons. The van der Waals surface area contributed by atoms with Gasteiger partial charge in [-0.3, -0.25) is 4.79 Å². The molecule has 0 aliphatic carbocycles. The molecule has 1 aromatic heterocycles. The third-order valence-electron chi connectivity index (χ3n) is 3.04. The SMILES string of the molecule is COCCNc1ncc(C(=O)NCc2cccc(C)c2)cn1. The predicted octanol–water partition coefficient (Wildman–Crippen LogP) is 1.77. The molecule has 6 nitrogen and oxygen atoms in total. The lowest BCUT2D eigenvalue weighted by molar-refractivity contribution is 0.0950. The zero-order valence-electron chi connectivity index (χ0n) is 12.8. The van der Waals surface area contributed by atoms with E-state index in [1.54, 1.807) is 7.11 Å². The summed E-state index contributed by atoms with van der Waals surface area (Å²) in [7, 11) is 1.63. The fraction of sp³-hybridized carbons (Fsp3) is 0.312. The highest BCUT2D eigenvalue weighted by molar-refractivity contribution is 5.93. The Kier molecular flexibility index (Phi) is 5.85. The molecule has 1 heterocycles. The van der Waals surface area contributed by atoms with Gasteiger partial charge in [0.1, 0.15) is 0 Å². The molecule has 1 amide bonds. The average molecular weight is 300 g/mol. The topological polar surface area (TPSA) is 76.1 Å². The molecule has 0 saturated carbocycles. The lowest BCUT2D eigenvalue weighted by atomic mass is 10.1. The van der Waals surface area contributed by atoms with Gasteiger partial charge in [0.15, 0.2) is 0 Å². The minimum absolute atomic E-state index is 0.190. The summed E-state index contributed by atoms with van der Waals surface area (Å²) in [6, 6.07) is 8.01. The molecular formula is C16H20N4O2. The Morgan fingerprint density at radius 2 is 2.05 bits per heavy atom. The van der Waals surface area contributed by atoms with Crippen molar-refractivity contribution in [2.24, 2.45) is 0 Å². The molecule has 2 N–H and O–H groups in total. The summed E-state index contributed by atoms with van der Waals surface area (Å²) in [4.78, 5) is 20.2. The van der Waals surface area contributed by atoms with Crippen LogP contribution in [-0.2, 0) is 11.3 Å². The van der Waals surface area contributed by atoms with Gasteiger partial charge in [-0.1, -0.05) is 29.8 Å². The van der Waals surface area contributed by atoms with E-state index in [2.05, 4.69) is 20.6 Å². The molecule has 0 atom stereocenters. The van der Waals surface area contributed by atoms with Crippen LogP contribution in [0.4, 0.5) is 5.95 Å². The van der Waals surface area contributed by atoms with Crippen LogP contribution in [0.15, 0.2) is 36.7 Å². The molecule has 22 heavy (non-hydrogen) atoms. The molecule has 116 valence electrons. The lowest BCUT2D eigenvalue weighted by Gasteiger charge is -2.07. The van der Waals surface area contributed by atoms with Crippen molar-refractivity contribution in [1.29, 1.82) is 0 Å². The van der Waals surface area contributed by atoms with E-state index >= 15 is 0 Å². The number of benzene rings is 1. The Morgan fingerprint density at radius 3 is 2.73 bits per heavy atom. The first-order valence-electron chi connectivity index (χ1n) is 7.07. The van der Waals surface area contributed by atoms with E-state index < -0.39 is 0 Å². The molecule has 2 rings (SSSR count). The minimum atomic E-state index is -0.190. The number of nitrogens with zero attached hydrogens (tertiary/aromatic N) is 2. The van der Waals surface area contributed by atoms with Crippen LogP contribution < -0.4 is 10.6 Å². The number of hydrogen-bond donors (Lipinski definition) is 2. The van der Waals surface area contributed by atoms with Crippen molar-refractivity contribution in [3.05, 3.63) is 53.3 Å². The molecule has 6 heteroatoms. The number of hydrogen-bond acceptors (Lipinski definition) is 5. The van der Waals surface area contributed by atoms with Crippen LogP contribution in [0.2, 0.25) is 0 Å². The Morgan fingerprint density at radius 1 is 1.27 bits per heavy atom. The average Bonchev–Trinajstić information content (AvgIpc) is 2.54. The van der Waals surface area contributed by atoms with E-state index in [1.165, 1.54) is 18.0 Å². The van der Waals surface area contributed by atoms with Crippen LogP contribution in [0.25, 0.3) is 0 Å². The fourth-order valence-corrected chi connectivity index (χ4v) is 1.91. The number of aromatic nitrogens is 2. The molecule has 0 fully saturated rings. The van der Waals surface area contributed by atoms with E-state index in [9.17, 15) is 4.79 Å². The van der Waals surface area contributed by atoms with Crippen molar-refractivity contribution in [1.82, 2.24) is 15.3 Å². The Hall–Kier alpha value is -2.47. The second kappa shape index (κ2) is 8.09. The summed E-state index contributed by atoms with van der Waals surface area (Å²) < 4.78 is 4.93. The number of carbonyl (C=O) groups excluding carboxylic acids is 1. The summed E-state index contributed by atoms with van der Waals surface area (Å²) in [5.41, 5.74) is 2.67. The Balaban J connectivity index is 1.87. The molecule has 2 aromatic rings. The lowest BCUT2D eigenvalue weighted by Crippen LogP contribution is -2.23. The van der Waals surface area contributed by atoms with E-state index in [4.69, 9.17) is 4.74 Å². The molecule has 0 unspecified atom stereocenters. The van der Waals surface area contributed by atoms with Crippen molar-refractivity contribution < 1.29 is 9.53 Å². The summed E-state index contributed by atoms with van der Waals surface area (Å²) in [6.45, 7) is 3.69. The maximum atomic E-state index is 12.0. The highest BCUT2D eigenvalue weighted by atomic mass is 16.5. The normalized spacial score (nSPS) is 10.3. The molecular weight excluding hydrogens is 280 g/mol. The molecule has 0 aliphatic heterocycles. The van der Waals surface area contributed by atoms with Crippen LogP contribution in [0, 0.1) is 6.92 Å². The molecule has 0 spiro atoms. The van der Waals surface area contributed by atoms with E-state index in [-0.39, 0.29) is 5.91 Å². The Bertz CT molecular complexity index is 614. The number of methoxy groups -OCH3 is 1. The van der Waals surface area contributed by atoms with E-state index in [0.717, 1.165) is 5.56 Å². The van der Waals surface area contributed by atoms with Gasteiger partial charge < -0.3 is 15.4 Å². The van der Waals surface area contributed by atoms with Crippen molar-refractivity contribution in [3.63, 3.8) is 0 Å². The maximum absolute atomic E-state index is 12.0. The van der Waals surface area contributed by atoms with E-state index in [0.29, 0.717) is 31.2 Å². The van der Waals surface area contributed by atoms with Gasteiger partial charge in [0.2, 0.25) is 5.95 Å². The molecule has 0 saturated heterocycles. The summed E-state index contributed by atoms with van der Waals surface area (Å²) in [5.74, 6) is 0.289. The van der Waals surface area contributed by atoms with Gasteiger partial charge in [0.25, 0.3) is 5.91 Å². The number of ether oxygens (including phenoxy) is 1. The number of aryl methyl sites for hydroxylation is 1. The van der Waals surface area contributed by atoms with Crippen molar-refractivity contribution in [3.8, 4) is 0 Å². The van der Waals surface area contributed by atoms with Gasteiger partial charge in [0.05, 0.1) is 12.2 Å². The molecule has 1 aromatic carbocycles. The first-order chi connectivity index (χ1) is 10.7. The monoisotopic (exact) mass is 300 g/mol. The third kappa shape index (κ3) is 4.82. The Labute approximate surface area is 129 Å². The van der Waals surface area contributed by atoms with Crippen LogP contribution in [0.1, 0.15) is 21.5 Å². The minimum Gasteiger partial charge on any atom is -0.383 e. The zero-order chi connectivity index (χ0) is 15.8. The van der Waals surface area contributed by atoms with Gasteiger partial charge in [-0.15, -0.1) is 0 Å². The van der Waals surface area contributed by atoms with Crippen molar-refractivity contribution in [2.45, 2.75) is 13.5 Å². The highest BCUT2D eigenvalue weighted by Crippen LogP contribution is 2.05. The number of amides is 1. The quantitative estimate of drug-likeness (QED) is 0.762. The second-order valence-electron chi connectivity index (χ2n) is 4.89. The smallest absolute Gasteiger partial charge is 0.254 e. The summed E-state index contributed by atoms with van der Waals surface area (Å²) >= 11 is 0. The van der Waals surface area contributed by atoms with Gasteiger partial charge >= 0.3 is 0 Å². The predicted molar refractivity (Wildman–Crippen MR) is 84.7 cm³/mol. The number of carbonyl (C=O) groups is 1. The maximum Gasteiger partial charge on any atom is 0.254 e. The van der Waals surface area contributed by atoms with Gasteiger partial charge in [0, 0.05) is 32.6 Å². The zero-order valence-corrected chi connectivity index (χ0v) is 12.8. The fourth-order valence-electron chi connectivity index (χ4n) is 1.91. The van der Waals surface area contributed by atoms with Crippen LogP contribution >= 0.6 is 0 Å². The molecule has 0 aliphatic rings. The van der Waals surface area contributed by atoms with Gasteiger partial charge in [-0.2, -0.15) is 0 Å². The molecule has 0 bridgehead atoms. The first kappa shape index (κ1) is 15.9. The van der Waals surface area contributed by atoms with Crippen LogP contribution in [-0.4, -0.2) is 36.1 Å². The number of anilines is 1. The van der Waals surface area contributed by atoms with E-state index in [1.807, 2.05) is 31.2 Å². The van der Waals surface area contributed by atoms with Crippen LogP contribution in [0.5, 0.6) is 0 Å². The second-order valence-corrected chi connectivity index (χ2v) is 4.89. The number of nitrogens with one attached hydrogen (secondary N) is 2. The largest absolute Gasteiger partial charge is 0.383 e. The summed E-state index contributed by atoms with van der Waals surface area (Å²) in [5, 5.41) is 5.85. The van der Waals surface area contributed by atoms with Crippen molar-refractivity contribution >= 4 is 11.9 Å². The van der Waals surface area contributed by atoms with Gasteiger partial charge in [-0.25, -0.2) is 9.97 Å². The first-order valence-corrected chi connectivity index (χ1v) is 7.07. The highest BCUT2D eigenvalue weighted by Gasteiger charge is 2.07.